The number of aliphatic hydroxyl groups is 1. The topological polar surface area (TPSA) is 77.8 Å². The summed E-state index contributed by atoms with van der Waals surface area (Å²) in [4.78, 5) is 25.1. The number of likely N-dealkylation sites (tertiary alicyclic amines) is 1. The first kappa shape index (κ1) is 14.3. The fourth-order valence-corrected chi connectivity index (χ4v) is 3.24. The maximum Gasteiger partial charge on any atom is 0.318 e. The second kappa shape index (κ2) is 4.78. The van der Waals surface area contributed by atoms with Gasteiger partial charge < -0.3 is 15.1 Å². The van der Waals surface area contributed by atoms with Crippen LogP contribution in [-0.4, -0.2) is 45.7 Å². The van der Waals surface area contributed by atoms with Crippen LogP contribution in [0.1, 0.15) is 46.0 Å². The molecule has 2 unspecified atom stereocenters. The molecule has 0 aromatic heterocycles. The normalized spacial score (nSPS) is 31.7. The van der Waals surface area contributed by atoms with Crippen molar-refractivity contribution in [2.24, 2.45) is 11.3 Å². The zero-order chi connectivity index (χ0) is 14.3. The van der Waals surface area contributed by atoms with Gasteiger partial charge in [-0.05, 0) is 33.1 Å². The maximum absolute atomic E-state index is 12.3. The molecule has 1 saturated carbocycles. The quantitative estimate of drug-likeness (QED) is 0.740. The summed E-state index contributed by atoms with van der Waals surface area (Å²) in [5.41, 5.74) is -2.02. The minimum Gasteiger partial charge on any atom is -0.480 e. The lowest BCUT2D eigenvalue weighted by Gasteiger charge is -2.48. The molecule has 2 atom stereocenters. The molecule has 0 radical (unpaired) electrons. The monoisotopic (exact) mass is 269 g/mol. The average Bonchev–Trinajstić information content (AvgIpc) is 2.36. The molecule has 5 heteroatoms. The molecule has 2 fully saturated rings. The lowest BCUT2D eigenvalue weighted by Crippen LogP contribution is -2.57. The molecule has 2 N–H and O–H groups in total. The number of carbonyl (C=O) groups excluding carboxylic acids is 1. The Labute approximate surface area is 113 Å². The Morgan fingerprint density at radius 1 is 1.26 bits per heavy atom. The van der Waals surface area contributed by atoms with Gasteiger partial charge in [0.15, 0.2) is 0 Å². The molecule has 0 aromatic rings. The van der Waals surface area contributed by atoms with Gasteiger partial charge in [-0.1, -0.05) is 12.8 Å². The molecule has 19 heavy (non-hydrogen) atoms. The van der Waals surface area contributed by atoms with Gasteiger partial charge >= 0.3 is 5.97 Å². The standard InChI is InChI=1S/C14H23NO4/c1-13(2,12(17)18)11(16)15-8-7-14(19)6-4-3-5-10(14)9-15/h10,19H,3-9H2,1-2H3,(H,17,18). The van der Waals surface area contributed by atoms with E-state index in [1.54, 1.807) is 4.90 Å². The second-order valence-electron chi connectivity index (χ2n) is 6.48. The van der Waals surface area contributed by atoms with E-state index in [0.29, 0.717) is 19.5 Å². The van der Waals surface area contributed by atoms with Crippen LogP contribution in [0, 0.1) is 11.3 Å². The summed E-state index contributed by atoms with van der Waals surface area (Å²) in [6.45, 7) is 3.84. The van der Waals surface area contributed by atoms with E-state index in [1.807, 2.05) is 0 Å². The van der Waals surface area contributed by atoms with Crippen molar-refractivity contribution in [3.63, 3.8) is 0 Å². The van der Waals surface area contributed by atoms with Gasteiger partial charge in [-0.2, -0.15) is 0 Å². The van der Waals surface area contributed by atoms with Crippen molar-refractivity contribution in [2.45, 2.75) is 51.6 Å². The Bertz CT molecular complexity index is 393. The highest BCUT2D eigenvalue weighted by Crippen LogP contribution is 2.40. The van der Waals surface area contributed by atoms with E-state index in [2.05, 4.69) is 0 Å². The number of hydrogen-bond acceptors (Lipinski definition) is 3. The maximum atomic E-state index is 12.3. The molecular weight excluding hydrogens is 246 g/mol. The molecule has 1 amide bonds. The number of hydrogen-bond donors (Lipinski definition) is 2. The third-order valence-corrected chi connectivity index (χ3v) is 4.78. The number of rotatable bonds is 2. The largest absolute Gasteiger partial charge is 0.480 e. The van der Waals surface area contributed by atoms with Crippen molar-refractivity contribution < 1.29 is 19.8 Å². The molecule has 5 nitrogen and oxygen atoms in total. The lowest BCUT2D eigenvalue weighted by atomic mass is 9.71. The van der Waals surface area contributed by atoms with Crippen molar-refractivity contribution >= 4 is 11.9 Å². The number of nitrogens with zero attached hydrogens (tertiary/aromatic N) is 1. The Morgan fingerprint density at radius 3 is 2.58 bits per heavy atom. The molecule has 0 bridgehead atoms. The van der Waals surface area contributed by atoms with Crippen LogP contribution < -0.4 is 0 Å². The molecule has 1 heterocycles. The van der Waals surface area contributed by atoms with Crippen LogP contribution in [0.3, 0.4) is 0 Å². The van der Waals surface area contributed by atoms with Gasteiger partial charge in [0.1, 0.15) is 5.41 Å². The Morgan fingerprint density at radius 2 is 1.95 bits per heavy atom. The van der Waals surface area contributed by atoms with Gasteiger partial charge in [0.2, 0.25) is 5.91 Å². The third-order valence-electron chi connectivity index (χ3n) is 4.78. The summed E-state index contributed by atoms with van der Waals surface area (Å²) in [6.07, 6.45) is 4.42. The summed E-state index contributed by atoms with van der Waals surface area (Å²) in [6, 6.07) is 0. The van der Waals surface area contributed by atoms with Crippen LogP contribution in [0.4, 0.5) is 0 Å². The lowest BCUT2D eigenvalue weighted by molar-refractivity contribution is -0.163. The smallest absolute Gasteiger partial charge is 0.318 e. The summed E-state index contributed by atoms with van der Waals surface area (Å²) in [7, 11) is 0. The van der Waals surface area contributed by atoms with E-state index in [-0.39, 0.29) is 11.8 Å². The highest BCUT2D eigenvalue weighted by Gasteiger charge is 2.47. The fraction of sp³-hybridized carbons (Fsp3) is 0.857. The molecule has 2 rings (SSSR count). The summed E-state index contributed by atoms with van der Waals surface area (Å²) in [5.74, 6) is -1.34. The van der Waals surface area contributed by atoms with Gasteiger partial charge in [-0.25, -0.2) is 0 Å². The molecule has 1 saturated heterocycles. The first-order chi connectivity index (χ1) is 8.77. The summed E-state index contributed by atoms with van der Waals surface area (Å²) < 4.78 is 0. The number of amides is 1. The van der Waals surface area contributed by atoms with Crippen molar-refractivity contribution in [2.75, 3.05) is 13.1 Å². The number of carbonyl (C=O) groups is 2. The van der Waals surface area contributed by atoms with E-state index in [9.17, 15) is 14.7 Å². The van der Waals surface area contributed by atoms with E-state index in [0.717, 1.165) is 25.7 Å². The zero-order valence-corrected chi connectivity index (χ0v) is 11.7. The van der Waals surface area contributed by atoms with Crippen molar-refractivity contribution in [3.05, 3.63) is 0 Å². The number of carboxylic acids is 1. The van der Waals surface area contributed by atoms with Crippen molar-refractivity contribution in [1.29, 1.82) is 0 Å². The van der Waals surface area contributed by atoms with Crippen LogP contribution in [0.25, 0.3) is 0 Å². The number of carboxylic acid groups (broad SMARTS) is 1. The van der Waals surface area contributed by atoms with Crippen LogP contribution in [0.2, 0.25) is 0 Å². The van der Waals surface area contributed by atoms with Gasteiger partial charge in [0.05, 0.1) is 5.60 Å². The zero-order valence-electron chi connectivity index (χ0n) is 11.7. The molecule has 108 valence electrons. The minimum atomic E-state index is -1.38. The summed E-state index contributed by atoms with van der Waals surface area (Å²) >= 11 is 0. The van der Waals surface area contributed by atoms with Crippen LogP contribution in [-0.2, 0) is 9.59 Å². The minimum absolute atomic E-state index is 0.101. The van der Waals surface area contributed by atoms with Crippen LogP contribution in [0.15, 0.2) is 0 Å². The molecule has 2 aliphatic rings. The van der Waals surface area contributed by atoms with Gasteiger partial charge in [-0.3, -0.25) is 9.59 Å². The third kappa shape index (κ3) is 2.48. The Kier molecular flexibility index (Phi) is 3.60. The summed E-state index contributed by atoms with van der Waals surface area (Å²) in [5, 5.41) is 19.7. The molecule has 1 aliphatic heterocycles. The molecular formula is C14H23NO4. The average molecular weight is 269 g/mol. The second-order valence-corrected chi connectivity index (χ2v) is 6.48. The van der Waals surface area contributed by atoms with E-state index < -0.39 is 17.0 Å². The highest BCUT2D eigenvalue weighted by molar-refractivity contribution is 6.01. The van der Waals surface area contributed by atoms with E-state index in [4.69, 9.17) is 5.11 Å². The van der Waals surface area contributed by atoms with Gasteiger partial charge in [0, 0.05) is 19.0 Å². The molecule has 0 aromatic carbocycles. The Balaban J connectivity index is 2.09. The van der Waals surface area contributed by atoms with Gasteiger partial charge in [0.25, 0.3) is 0 Å². The Hall–Kier alpha value is -1.10. The highest BCUT2D eigenvalue weighted by atomic mass is 16.4. The fourth-order valence-electron chi connectivity index (χ4n) is 3.24. The van der Waals surface area contributed by atoms with Gasteiger partial charge in [-0.15, -0.1) is 0 Å². The molecule has 1 aliphatic carbocycles. The van der Waals surface area contributed by atoms with Crippen molar-refractivity contribution in [1.82, 2.24) is 4.90 Å². The van der Waals surface area contributed by atoms with Crippen molar-refractivity contribution in [3.8, 4) is 0 Å². The molecule has 0 spiro atoms. The van der Waals surface area contributed by atoms with E-state index >= 15 is 0 Å². The number of aliphatic carboxylic acids is 1. The predicted octanol–water partition coefficient (Wildman–Crippen LogP) is 1.25. The number of piperidine rings is 1. The van der Waals surface area contributed by atoms with Crippen LogP contribution >= 0.6 is 0 Å². The predicted molar refractivity (Wildman–Crippen MR) is 69.5 cm³/mol. The SMILES string of the molecule is CC(C)(C(=O)O)C(=O)N1CCC2(O)CCCCC2C1. The van der Waals surface area contributed by atoms with Crippen LogP contribution in [0.5, 0.6) is 0 Å². The van der Waals surface area contributed by atoms with E-state index in [1.165, 1.54) is 13.8 Å². The first-order valence-electron chi connectivity index (χ1n) is 7.02. The number of fused-ring (bicyclic) bond motifs is 1. The first-order valence-corrected chi connectivity index (χ1v) is 7.02.